The molecule has 2 fully saturated rings. The summed E-state index contributed by atoms with van der Waals surface area (Å²) in [6.45, 7) is 1.24. The fourth-order valence-corrected chi connectivity index (χ4v) is 2.57. The van der Waals surface area contributed by atoms with E-state index in [-0.39, 0.29) is 0 Å². The molecule has 2 heteroatoms. The van der Waals surface area contributed by atoms with Crippen LogP contribution in [0.5, 0.6) is 0 Å². The number of aromatic nitrogens is 1. The first kappa shape index (κ1) is 10.3. The summed E-state index contributed by atoms with van der Waals surface area (Å²) in [6.07, 6.45) is 8.70. The van der Waals surface area contributed by atoms with Crippen molar-refractivity contribution >= 4 is 0 Å². The molecule has 2 unspecified atom stereocenters. The van der Waals surface area contributed by atoms with Gasteiger partial charge in [-0.3, -0.25) is 4.98 Å². The molecule has 2 nitrogen and oxygen atoms in total. The van der Waals surface area contributed by atoms with Crippen LogP contribution in [0.25, 0.3) is 0 Å². The summed E-state index contributed by atoms with van der Waals surface area (Å²) < 4.78 is 0. The summed E-state index contributed by atoms with van der Waals surface area (Å²) in [6, 6.07) is 7.11. The quantitative estimate of drug-likeness (QED) is 0.817. The van der Waals surface area contributed by atoms with E-state index in [1.165, 1.54) is 44.3 Å². The van der Waals surface area contributed by atoms with Gasteiger partial charge < -0.3 is 5.32 Å². The molecule has 2 aliphatic rings. The monoisotopic (exact) mass is 216 g/mol. The summed E-state index contributed by atoms with van der Waals surface area (Å²) in [5.74, 6) is 1.78. The van der Waals surface area contributed by atoms with E-state index in [2.05, 4.69) is 22.4 Å². The van der Waals surface area contributed by atoms with Crippen LogP contribution in [0, 0.1) is 11.8 Å². The van der Waals surface area contributed by atoms with Crippen molar-refractivity contribution in [3.63, 3.8) is 0 Å². The SMILES string of the molecule is c1ccc(CC2CCC2CNC2CC2)nc1. The number of hydrogen-bond donors (Lipinski definition) is 1. The van der Waals surface area contributed by atoms with E-state index in [1.807, 2.05) is 12.3 Å². The molecule has 1 N–H and O–H groups in total. The van der Waals surface area contributed by atoms with Gasteiger partial charge in [-0.15, -0.1) is 0 Å². The zero-order valence-electron chi connectivity index (χ0n) is 9.73. The van der Waals surface area contributed by atoms with E-state index in [4.69, 9.17) is 0 Å². The Hall–Kier alpha value is -0.890. The Kier molecular flexibility index (Phi) is 2.92. The lowest BCUT2D eigenvalue weighted by Gasteiger charge is -2.37. The topological polar surface area (TPSA) is 24.9 Å². The number of nitrogens with zero attached hydrogens (tertiary/aromatic N) is 1. The lowest BCUT2D eigenvalue weighted by Crippen LogP contribution is -2.37. The third-order valence-corrected chi connectivity index (χ3v) is 4.02. The second-order valence-electron chi connectivity index (χ2n) is 5.31. The molecule has 1 heterocycles. The molecule has 0 bridgehead atoms. The summed E-state index contributed by atoms with van der Waals surface area (Å²) in [4.78, 5) is 4.42. The average molecular weight is 216 g/mol. The average Bonchev–Trinajstić information content (AvgIpc) is 3.10. The van der Waals surface area contributed by atoms with Crippen molar-refractivity contribution in [3.8, 4) is 0 Å². The molecule has 0 spiro atoms. The maximum Gasteiger partial charge on any atom is 0.0406 e. The Bertz CT molecular complexity index is 332. The highest BCUT2D eigenvalue weighted by Crippen LogP contribution is 2.36. The van der Waals surface area contributed by atoms with Crippen molar-refractivity contribution in [2.75, 3.05) is 6.54 Å². The van der Waals surface area contributed by atoms with E-state index < -0.39 is 0 Å². The molecule has 86 valence electrons. The highest BCUT2D eigenvalue weighted by atomic mass is 14.9. The molecule has 1 aromatic heterocycles. The Balaban J connectivity index is 1.47. The maximum absolute atomic E-state index is 4.42. The molecule has 0 radical (unpaired) electrons. The molecular weight excluding hydrogens is 196 g/mol. The molecule has 0 amide bonds. The molecule has 3 rings (SSSR count). The first-order valence-electron chi connectivity index (χ1n) is 6.55. The fraction of sp³-hybridized carbons (Fsp3) is 0.643. The van der Waals surface area contributed by atoms with Crippen LogP contribution >= 0.6 is 0 Å². The minimum Gasteiger partial charge on any atom is -0.314 e. The van der Waals surface area contributed by atoms with Crippen LogP contribution in [-0.2, 0) is 6.42 Å². The predicted octanol–water partition coefficient (Wildman–Crippen LogP) is 2.40. The van der Waals surface area contributed by atoms with Crippen LogP contribution in [0.15, 0.2) is 24.4 Å². The van der Waals surface area contributed by atoms with Gasteiger partial charge in [-0.1, -0.05) is 6.07 Å². The molecule has 0 aliphatic heterocycles. The minimum atomic E-state index is 0.858. The van der Waals surface area contributed by atoms with E-state index >= 15 is 0 Å². The largest absolute Gasteiger partial charge is 0.314 e. The molecule has 2 aliphatic carbocycles. The third-order valence-electron chi connectivity index (χ3n) is 4.02. The normalized spacial score (nSPS) is 28.8. The second-order valence-corrected chi connectivity index (χ2v) is 5.31. The Labute approximate surface area is 97.5 Å². The van der Waals surface area contributed by atoms with Gasteiger partial charge in [0.2, 0.25) is 0 Å². The van der Waals surface area contributed by atoms with E-state index in [9.17, 15) is 0 Å². The molecule has 2 atom stereocenters. The third kappa shape index (κ3) is 2.43. The second kappa shape index (κ2) is 4.54. The van der Waals surface area contributed by atoms with Crippen molar-refractivity contribution in [2.24, 2.45) is 11.8 Å². The molecule has 2 saturated carbocycles. The molecular formula is C14H20N2. The highest BCUT2D eigenvalue weighted by molar-refractivity contribution is 5.06. The summed E-state index contributed by atoms with van der Waals surface area (Å²) in [7, 11) is 0. The first-order chi connectivity index (χ1) is 7.92. The van der Waals surface area contributed by atoms with Gasteiger partial charge in [0, 0.05) is 17.9 Å². The van der Waals surface area contributed by atoms with Gasteiger partial charge in [0.1, 0.15) is 0 Å². The zero-order valence-corrected chi connectivity index (χ0v) is 9.73. The van der Waals surface area contributed by atoms with E-state index in [0.717, 1.165) is 17.9 Å². The van der Waals surface area contributed by atoms with Crippen molar-refractivity contribution in [2.45, 2.75) is 38.1 Å². The van der Waals surface area contributed by atoms with Gasteiger partial charge in [-0.05, 0) is 62.6 Å². The van der Waals surface area contributed by atoms with Gasteiger partial charge >= 0.3 is 0 Å². The van der Waals surface area contributed by atoms with E-state index in [1.54, 1.807) is 0 Å². The van der Waals surface area contributed by atoms with Gasteiger partial charge in [-0.2, -0.15) is 0 Å². The lowest BCUT2D eigenvalue weighted by atomic mass is 9.71. The van der Waals surface area contributed by atoms with Crippen LogP contribution in [0.2, 0.25) is 0 Å². The highest BCUT2D eigenvalue weighted by Gasteiger charge is 2.32. The molecule has 16 heavy (non-hydrogen) atoms. The molecule has 1 aromatic rings. The van der Waals surface area contributed by atoms with Gasteiger partial charge in [0.25, 0.3) is 0 Å². The van der Waals surface area contributed by atoms with Crippen molar-refractivity contribution < 1.29 is 0 Å². The van der Waals surface area contributed by atoms with Crippen molar-refractivity contribution in [1.82, 2.24) is 10.3 Å². The van der Waals surface area contributed by atoms with Crippen LogP contribution in [0.4, 0.5) is 0 Å². The van der Waals surface area contributed by atoms with Crippen LogP contribution in [0.1, 0.15) is 31.4 Å². The number of rotatable bonds is 5. The smallest absolute Gasteiger partial charge is 0.0406 e. The first-order valence-corrected chi connectivity index (χ1v) is 6.55. The number of nitrogens with one attached hydrogen (secondary N) is 1. The van der Waals surface area contributed by atoms with Crippen molar-refractivity contribution in [1.29, 1.82) is 0 Å². The summed E-state index contributed by atoms with van der Waals surface area (Å²) in [5.41, 5.74) is 1.27. The van der Waals surface area contributed by atoms with Crippen LogP contribution < -0.4 is 5.32 Å². The van der Waals surface area contributed by atoms with Gasteiger partial charge in [-0.25, -0.2) is 0 Å². The summed E-state index contributed by atoms with van der Waals surface area (Å²) >= 11 is 0. The zero-order chi connectivity index (χ0) is 10.8. The lowest BCUT2D eigenvalue weighted by molar-refractivity contribution is 0.169. The van der Waals surface area contributed by atoms with Crippen LogP contribution in [-0.4, -0.2) is 17.6 Å². The fourth-order valence-electron chi connectivity index (χ4n) is 2.57. The summed E-state index contributed by atoms with van der Waals surface area (Å²) in [5, 5.41) is 3.65. The number of pyridine rings is 1. The molecule has 0 saturated heterocycles. The van der Waals surface area contributed by atoms with Crippen molar-refractivity contribution in [3.05, 3.63) is 30.1 Å². The van der Waals surface area contributed by atoms with Gasteiger partial charge in [0.05, 0.1) is 0 Å². The maximum atomic E-state index is 4.42. The van der Waals surface area contributed by atoms with Gasteiger partial charge in [0.15, 0.2) is 0 Å². The minimum absolute atomic E-state index is 0.858. The standard InChI is InChI=1S/C14H20N2/c1-2-8-15-14(3-1)9-11-4-5-12(11)10-16-13-6-7-13/h1-3,8,11-13,16H,4-7,9-10H2. The number of hydrogen-bond acceptors (Lipinski definition) is 2. The Morgan fingerprint density at radius 2 is 2.00 bits per heavy atom. The Morgan fingerprint density at radius 3 is 2.62 bits per heavy atom. The van der Waals surface area contributed by atoms with E-state index in [0.29, 0.717) is 0 Å². The van der Waals surface area contributed by atoms with Crippen LogP contribution in [0.3, 0.4) is 0 Å². The predicted molar refractivity (Wildman–Crippen MR) is 65.2 cm³/mol. The molecule has 0 aromatic carbocycles. The Morgan fingerprint density at radius 1 is 1.12 bits per heavy atom.